The molecule has 1 aliphatic rings. The van der Waals surface area contributed by atoms with Gasteiger partial charge in [0.05, 0.1) is 5.69 Å². The summed E-state index contributed by atoms with van der Waals surface area (Å²) in [6.07, 6.45) is 3.39. The molecule has 1 aromatic rings. The van der Waals surface area contributed by atoms with Crippen molar-refractivity contribution in [1.29, 1.82) is 0 Å². The smallest absolute Gasteiger partial charge is 0.0699 e. The van der Waals surface area contributed by atoms with Crippen LogP contribution in [0.5, 0.6) is 0 Å². The molecular weight excluding hydrogens is 182 g/mol. The highest BCUT2D eigenvalue weighted by Gasteiger charge is 2.18. The van der Waals surface area contributed by atoms with Gasteiger partial charge in [-0.05, 0) is 35.5 Å². The first-order valence-corrected chi connectivity index (χ1v) is 5.80. The third kappa shape index (κ3) is 1.83. The first-order chi connectivity index (χ1) is 7.09. The third-order valence-electron chi connectivity index (χ3n) is 3.03. The molecule has 0 saturated carbocycles. The second-order valence-electron chi connectivity index (χ2n) is 4.92. The second-order valence-corrected chi connectivity index (χ2v) is 4.92. The van der Waals surface area contributed by atoms with Crippen LogP contribution < -0.4 is 0 Å². The van der Waals surface area contributed by atoms with E-state index >= 15 is 0 Å². The Bertz CT molecular complexity index is 400. The molecule has 1 aromatic heterocycles. The van der Waals surface area contributed by atoms with Gasteiger partial charge in [-0.15, -0.1) is 0 Å². The number of fused-ring (bicyclic) bond motifs is 1. The van der Waals surface area contributed by atoms with Crippen LogP contribution in [0.1, 0.15) is 50.6 Å². The number of rotatable bonds is 2. The first-order valence-electron chi connectivity index (χ1n) is 5.80. The topological polar surface area (TPSA) is 12.9 Å². The Morgan fingerprint density at radius 1 is 1.07 bits per heavy atom. The van der Waals surface area contributed by atoms with Gasteiger partial charge in [0.2, 0.25) is 0 Å². The van der Waals surface area contributed by atoms with Crippen molar-refractivity contribution in [2.45, 2.75) is 40.0 Å². The van der Waals surface area contributed by atoms with Crippen molar-refractivity contribution < 1.29 is 0 Å². The summed E-state index contributed by atoms with van der Waals surface area (Å²) >= 11 is 0. The molecule has 1 aliphatic carbocycles. The van der Waals surface area contributed by atoms with Crippen LogP contribution >= 0.6 is 0 Å². The van der Waals surface area contributed by atoms with E-state index in [0.29, 0.717) is 11.8 Å². The van der Waals surface area contributed by atoms with Crippen molar-refractivity contribution in [3.63, 3.8) is 0 Å². The van der Waals surface area contributed by atoms with Crippen LogP contribution in [0.3, 0.4) is 0 Å². The first kappa shape index (κ1) is 10.4. The summed E-state index contributed by atoms with van der Waals surface area (Å²) in [6, 6.07) is 4.41. The molecule has 0 aromatic carbocycles. The van der Waals surface area contributed by atoms with Gasteiger partial charge in [-0.1, -0.05) is 39.8 Å². The molecule has 0 atom stereocenters. The maximum atomic E-state index is 4.79. The monoisotopic (exact) mass is 201 g/mol. The van der Waals surface area contributed by atoms with E-state index in [0.717, 1.165) is 6.42 Å². The zero-order valence-electron chi connectivity index (χ0n) is 10.0. The van der Waals surface area contributed by atoms with E-state index in [1.165, 1.54) is 22.5 Å². The van der Waals surface area contributed by atoms with Gasteiger partial charge in [-0.3, -0.25) is 4.98 Å². The van der Waals surface area contributed by atoms with Crippen molar-refractivity contribution in [1.82, 2.24) is 4.98 Å². The number of aromatic nitrogens is 1. The number of pyridine rings is 1. The molecule has 2 rings (SSSR count). The van der Waals surface area contributed by atoms with Crippen LogP contribution in [0.15, 0.2) is 18.2 Å². The number of hydrogen-bond acceptors (Lipinski definition) is 1. The standard InChI is InChI=1S/C14H19N/c1-9(2)12-7-5-11-6-8-13(10(3)4)15-14(11)12/h6-10H,5H2,1-4H3. The molecule has 0 unspecified atom stereocenters. The van der Waals surface area contributed by atoms with E-state index < -0.39 is 0 Å². The lowest BCUT2D eigenvalue weighted by Crippen LogP contribution is -2.00. The molecule has 0 amide bonds. The van der Waals surface area contributed by atoms with Gasteiger partial charge in [0.1, 0.15) is 0 Å². The predicted molar refractivity (Wildman–Crippen MR) is 64.8 cm³/mol. The molecule has 0 spiro atoms. The molecule has 80 valence electrons. The molecule has 1 heteroatoms. The minimum atomic E-state index is 0.518. The molecule has 0 fully saturated rings. The van der Waals surface area contributed by atoms with Gasteiger partial charge in [0, 0.05) is 5.69 Å². The Morgan fingerprint density at radius 2 is 1.80 bits per heavy atom. The SMILES string of the molecule is CC(C)C1=CCc2ccc(C(C)C)nc21. The Morgan fingerprint density at radius 3 is 2.40 bits per heavy atom. The van der Waals surface area contributed by atoms with E-state index in [9.17, 15) is 0 Å². The zero-order valence-corrected chi connectivity index (χ0v) is 10.0. The highest BCUT2D eigenvalue weighted by Crippen LogP contribution is 2.32. The van der Waals surface area contributed by atoms with Crippen molar-refractivity contribution in [3.05, 3.63) is 35.2 Å². The van der Waals surface area contributed by atoms with E-state index in [2.05, 4.69) is 45.9 Å². The Kier molecular flexibility index (Phi) is 2.64. The quantitative estimate of drug-likeness (QED) is 0.709. The van der Waals surface area contributed by atoms with E-state index in [-0.39, 0.29) is 0 Å². The maximum absolute atomic E-state index is 4.79. The molecular formula is C14H19N. The lowest BCUT2D eigenvalue weighted by Gasteiger charge is -2.11. The fourth-order valence-corrected chi connectivity index (χ4v) is 2.07. The summed E-state index contributed by atoms with van der Waals surface area (Å²) < 4.78 is 0. The lowest BCUT2D eigenvalue weighted by molar-refractivity contribution is 0.806. The van der Waals surface area contributed by atoms with Gasteiger partial charge >= 0.3 is 0 Å². The summed E-state index contributed by atoms with van der Waals surface area (Å²) in [5.41, 5.74) is 5.27. The summed E-state index contributed by atoms with van der Waals surface area (Å²) in [5.74, 6) is 1.10. The summed E-state index contributed by atoms with van der Waals surface area (Å²) in [5, 5.41) is 0. The van der Waals surface area contributed by atoms with Crippen LogP contribution in [-0.2, 0) is 6.42 Å². The van der Waals surface area contributed by atoms with Crippen LogP contribution in [0.2, 0.25) is 0 Å². The highest BCUT2D eigenvalue weighted by molar-refractivity contribution is 5.71. The van der Waals surface area contributed by atoms with Crippen molar-refractivity contribution in [3.8, 4) is 0 Å². The highest BCUT2D eigenvalue weighted by atomic mass is 14.7. The normalized spacial score (nSPS) is 14.7. The molecule has 0 aliphatic heterocycles. The Balaban J connectivity index is 2.43. The van der Waals surface area contributed by atoms with Crippen LogP contribution in [0.4, 0.5) is 0 Å². The number of allylic oxidation sites excluding steroid dienone is 2. The average Bonchev–Trinajstić information content (AvgIpc) is 2.59. The molecule has 1 heterocycles. The van der Waals surface area contributed by atoms with Crippen LogP contribution in [0, 0.1) is 5.92 Å². The van der Waals surface area contributed by atoms with Crippen molar-refractivity contribution in [2.24, 2.45) is 5.92 Å². The molecule has 1 nitrogen and oxygen atoms in total. The molecule has 0 bridgehead atoms. The Hall–Kier alpha value is -1.11. The lowest BCUT2D eigenvalue weighted by atomic mass is 10.0. The van der Waals surface area contributed by atoms with Crippen LogP contribution in [0.25, 0.3) is 5.57 Å². The summed E-state index contributed by atoms with van der Waals surface area (Å²) in [6.45, 7) is 8.88. The summed E-state index contributed by atoms with van der Waals surface area (Å²) in [7, 11) is 0. The Labute approximate surface area is 92.2 Å². The van der Waals surface area contributed by atoms with Gasteiger partial charge in [-0.25, -0.2) is 0 Å². The average molecular weight is 201 g/mol. The fourth-order valence-electron chi connectivity index (χ4n) is 2.07. The van der Waals surface area contributed by atoms with E-state index in [1.807, 2.05) is 0 Å². The molecule has 0 radical (unpaired) electrons. The largest absolute Gasteiger partial charge is 0.253 e. The van der Waals surface area contributed by atoms with Gasteiger partial charge in [0.15, 0.2) is 0 Å². The number of nitrogens with zero attached hydrogens (tertiary/aromatic N) is 1. The van der Waals surface area contributed by atoms with E-state index in [4.69, 9.17) is 4.98 Å². The summed E-state index contributed by atoms with van der Waals surface area (Å²) in [4.78, 5) is 4.79. The van der Waals surface area contributed by atoms with Crippen molar-refractivity contribution >= 4 is 5.57 Å². The molecule has 15 heavy (non-hydrogen) atoms. The van der Waals surface area contributed by atoms with Crippen LogP contribution in [-0.4, -0.2) is 4.98 Å². The molecule has 0 N–H and O–H groups in total. The fraction of sp³-hybridized carbons (Fsp3) is 0.500. The minimum Gasteiger partial charge on any atom is -0.253 e. The van der Waals surface area contributed by atoms with Crippen molar-refractivity contribution in [2.75, 3.05) is 0 Å². The molecule has 0 saturated heterocycles. The van der Waals surface area contributed by atoms with Gasteiger partial charge < -0.3 is 0 Å². The minimum absolute atomic E-state index is 0.518. The van der Waals surface area contributed by atoms with Gasteiger partial charge in [0.25, 0.3) is 0 Å². The maximum Gasteiger partial charge on any atom is 0.0699 e. The second kappa shape index (κ2) is 3.80. The van der Waals surface area contributed by atoms with E-state index in [1.54, 1.807) is 0 Å². The number of hydrogen-bond donors (Lipinski definition) is 0. The van der Waals surface area contributed by atoms with Gasteiger partial charge in [-0.2, -0.15) is 0 Å². The predicted octanol–water partition coefficient (Wildman–Crippen LogP) is 3.80. The third-order valence-corrected chi connectivity index (χ3v) is 3.03. The zero-order chi connectivity index (χ0) is 11.0.